The molecule has 0 aliphatic carbocycles. The Hall–Kier alpha value is -1.42. The summed E-state index contributed by atoms with van der Waals surface area (Å²) < 4.78 is 2.34. The van der Waals surface area contributed by atoms with E-state index in [9.17, 15) is 10.2 Å². The number of hydrogen-bond donors (Lipinski definition) is 2. The van der Waals surface area contributed by atoms with Crippen molar-refractivity contribution in [3.63, 3.8) is 0 Å². The van der Waals surface area contributed by atoms with E-state index in [-0.39, 0.29) is 11.8 Å². The first-order valence-electron chi connectivity index (χ1n) is 4.46. The zero-order chi connectivity index (χ0) is 11.0. The number of hydrogen-bond acceptors (Lipinski definition) is 2. The van der Waals surface area contributed by atoms with Gasteiger partial charge in [0.25, 0.3) is 0 Å². The molecule has 0 bridgehead atoms. The molecular formula is C11H10BrNO2. The smallest absolute Gasteiger partial charge is 0.201 e. The monoisotopic (exact) mass is 267 g/mol. The van der Waals surface area contributed by atoms with Crippen LogP contribution in [-0.2, 0) is 0 Å². The van der Waals surface area contributed by atoms with Gasteiger partial charge in [-0.2, -0.15) is 0 Å². The van der Waals surface area contributed by atoms with Crippen molar-refractivity contribution in [2.75, 3.05) is 0 Å². The van der Waals surface area contributed by atoms with Gasteiger partial charge in [-0.3, -0.25) is 4.57 Å². The second-order valence-corrected chi connectivity index (χ2v) is 4.24. The molecule has 1 aromatic carbocycles. The summed E-state index contributed by atoms with van der Waals surface area (Å²) >= 11 is 3.33. The predicted octanol–water partition coefficient (Wildman–Crippen LogP) is 2.96. The maximum absolute atomic E-state index is 9.73. The lowest BCUT2D eigenvalue weighted by molar-refractivity contribution is 0.401. The van der Waals surface area contributed by atoms with Crippen LogP contribution in [-0.4, -0.2) is 14.8 Å². The molecule has 1 heterocycles. The molecular weight excluding hydrogens is 258 g/mol. The lowest BCUT2D eigenvalue weighted by atomic mass is 10.3. The van der Waals surface area contributed by atoms with E-state index in [1.165, 1.54) is 10.6 Å². The third-order valence-corrected chi connectivity index (χ3v) is 2.75. The van der Waals surface area contributed by atoms with E-state index in [0.29, 0.717) is 5.56 Å². The Kier molecular flexibility index (Phi) is 2.44. The Balaban J connectivity index is 2.58. The summed E-state index contributed by atoms with van der Waals surface area (Å²) in [6.45, 7) is 1.74. The van der Waals surface area contributed by atoms with Crippen LogP contribution in [0.15, 0.2) is 34.8 Å². The van der Waals surface area contributed by atoms with E-state index >= 15 is 0 Å². The maximum atomic E-state index is 9.73. The zero-order valence-electron chi connectivity index (χ0n) is 8.11. The highest BCUT2D eigenvalue weighted by Crippen LogP contribution is 2.30. The predicted molar refractivity (Wildman–Crippen MR) is 61.5 cm³/mol. The highest BCUT2D eigenvalue weighted by molar-refractivity contribution is 9.10. The second kappa shape index (κ2) is 3.62. The summed E-state index contributed by atoms with van der Waals surface area (Å²) in [5, 5.41) is 19.4. The van der Waals surface area contributed by atoms with Crippen LogP contribution in [0, 0.1) is 6.92 Å². The van der Waals surface area contributed by atoms with E-state index in [2.05, 4.69) is 15.9 Å². The third kappa shape index (κ3) is 1.72. The molecule has 2 N–H and O–H groups in total. The SMILES string of the molecule is Cc1cc(O)n(-c2ccc(Br)cc2)c1O. The Labute approximate surface area is 95.7 Å². The molecule has 0 atom stereocenters. The molecule has 3 nitrogen and oxygen atoms in total. The number of aryl methyl sites for hydroxylation is 1. The van der Waals surface area contributed by atoms with Crippen LogP contribution in [0.5, 0.6) is 11.8 Å². The van der Waals surface area contributed by atoms with E-state index in [1.807, 2.05) is 24.3 Å². The van der Waals surface area contributed by atoms with Crippen molar-refractivity contribution < 1.29 is 10.2 Å². The summed E-state index contributed by atoms with van der Waals surface area (Å²) in [5.74, 6) is 0.0992. The van der Waals surface area contributed by atoms with Gasteiger partial charge >= 0.3 is 0 Å². The molecule has 0 aliphatic heterocycles. The Morgan fingerprint density at radius 2 is 1.73 bits per heavy atom. The first kappa shape index (κ1) is 10.1. The topological polar surface area (TPSA) is 45.4 Å². The molecule has 78 valence electrons. The van der Waals surface area contributed by atoms with Crippen molar-refractivity contribution in [1.29, 1.82) is 0 Å². The Bertz CT molecular complexity index is 488. The van der Waals surface area contributed by atoms with Gasteiger partial charge in [0.1, 0.15) is 0 Å². The first-order chi connectivity index (χ1) is 7.09. The summed E-state index contributed by atoms with van der Waals surface area (Å²) in [6, 6.07) is 8.84. The lowest BCUT2D eigenvalue weighted by Crippen LogP contribution is -1.91. The quantitative estimate of drug-likeness (QED) is 0.835. The minimum Gasteiger partial charge on any atom is -0.494 e. The van der Waals surface area contributed by atoms with Crippen molar-refractivity contribution in [3.05, 3.63) is 40.4 Å². The van der Waals surface area contributed by atoms with Gasteiger partial charge in [-0.25, -0.2) is 0 Å². The number of rotatable bonds is 1. The standard InChI is InChI=1S/C11H10BrNO2/c1-7-6-10(14)13(11(7)15)9-4-2-8(12)3-5-9/h2-6,14-15H,1H3. The van der Waals surface area contributed by atoms with Crippen molar-refractivity contribution in [2.24, 2.45) is 0 Å². The van der Waals surface area contributed by atoms with Gasteiger partial charge in [0.05, 0.1) is 5.69 Å². The normalized spacial score (nSPS) is 10.5. The molecule has 0 aliphatic rings. The van der Waals surface area contributed by atoms with Crippen molar-refractivity contribution in [1.82, 2.24) is 4.57 Å². The number of benzene rings is 1. The highest BCUT2D eigenvalue weighted by atomic mass is 79.9. The summed E-state index contributed by atoms with van der Waals surface area (Å²) in [7, 11) is 0. The van der Waals surface area contributed by atoms with E-state index in [1.54, 1.807) is 6.92 Å². The van der Waals surface area contributed by atoms with Crippen LogP contribution >= 0.6 is 15.9 Å². The van der Waals surface area contributed by atoms with Gasteiger partial charge in [-0.1, -0.05) is 15.9 Å². The average molecular weight is 268 g/mol. The molecule has 0 amide bonds. The van der Waals surface area contributed by atoms with Gasteiger partial charge in [0, 0.05) is 16.1 Å². The van der Waals surface area contributed by atoms with E-state index < -0.39 is 0 Å². The average Bonchev–Trinajstić information content (AvgIpc) is 2.44. The fourth-order valence-electron chi connectivity index (χ4n) is 1.45. The Morgan fingerprint density at radius 3 is 2.20 bits per heavy atom. The van der Waals surface area contributed by atoms with Crippen molar-refractivity contribution in [2.45, 2.75) is 6.92 Å². The molecule has 0 saturated carbocycles. The fourth-order valence-corrected chi connectivity index (χ4v) is 1.72. The molecule has 0 spiro atoms. The van der Waals surface area contributed by atoms with Gasteiger partial charge in [-0.15, -0.1) is 0 Å². The minimum atomic E-state index is 0.0346. The van der Waals surface area contributed by atoms with Crippen molar-refractivity contribution in [3.8, 4) is 17.4 Å². The minimum absolute atomic E-state index is 0.0346. The van der Waals surface area contributed by atoms with Crippen LogP contribution in [0.1, 0.15) is 5.56 Å². The Morgan fingerprint density at radius 1 is 1.13 bits per heavy atom. The lowest BCUT2D eigenvalue weighted by Gasteiger charge is -2.06. The highest BCUT2D eigenvalue weighted by Gasteiger charge is 2.11. The van der Waals surface area contributed by atoms with Gasteiger partial charge in [0.15, 0.2) is 5.88 Å². The molecule has 15 heavy (non-hydrogen) atoms. The van der Waals surface area contributed by atoms with E-state index in [0.717, 1.165) is 10.2 Å². The number of aromatic hydroxyl groups is 2. The molecule has 0 unspecified atom stereocenters. The van der Waals surface area contributed by atoms with Gasteiger partial charge < -0.3 is 10.2 Å². The maximum Gasteiger partial charge on any atom is 0.201 e. The van der Waals surface area contributed by atoms with Crippen LogP contribution in [0.25, 0.3) is 5.69 Å². The van der Waals surface area contributed by atoms with Crippen LogP contribution in [0.3, 0.4) is 0 Å². The van der Waals surface area contributed by atoms with Crippen LogP contribution < -0.4 is 0 Å². The molecule has 1 aromatic heterocycles. The van der Waals surface area contributed by atoms with Crippen LogP contribution in [0.4, 0.5) is 0 Å². The van der Waals surface area contributed by atoms with Crippen molar-refractivity contribution >= 4 is 15.9 Å². The molecule has 4 heteroatoms. The molecule has 0 fully saturated rings. The largest absolute Gasteiger partial charge is 0.494 e. The second-order valence-electron chi connectivity index (χ2n) is 3.32. The number of aromatic nitrogens is 1. The fraction of sp³-hybridized carbons (Fsp3) is 0.0909. The first-order valence-corrected chi connectivity index (χ1v) is 5.25. The van der Waals surface area contributed by atoms with E-state index in [4.69, 9.17) is 0 Å². The molecule has 0 saturated heterocycles. The summed E-state index contributed by atoms with van der Waals surface area (Å²) in [6.07, 6.45) is 0. The van der Waals surface area contributed by atoms with Crippen LogP contribution in [0.2, 0.25) is 0 Å². The summed E-state index contributed by atoms with van der Waals surface area (Å²) in [4.78, 5) is 0. The van der Waals surface area contributed by atoms with Gasteiger partial charge in [0.2, 0.25) is 5.88 Å². The third-order valence-electron chi connectivity index (χ3n) is 2.22. The zero-order valence-corrected chi connectivity index (χ0v) is 9.69. The van der Waals surface area contributed by atoms with Gasteiger partial charge in [-0.05, 0) is 31.2 Å². The molecule has 2 rings (SSSR count). The summed E-state index contributed by atoms with van der Waals surface area (Å²) in [5.41, 5.74) is 1.37. The molecule has 2 aromatic rings. The number of nitrogens with zero attached hydrogens (tertiary/aromatic N) is 1. The number of halogens is 1. The molecule has 0 radical (unpaired) electrons.